The van der Waals surface area contributed by atoms with Gasteiger partial charge in [0, 0.05) is 10.6 Å². The van der Waals surface area contributed by atoms with Crippen LogP contribution in [-0.4, -0.2) is 5.91 Å². The lowest BCUT2D eigenvalue weighted by molar-refractivity contribution is 0.0600. The van der Waals surface area contributed by atoms with Crippen LogP contribution in [0.5, 0.6) is 0 Å². The topological polar surface area (TPSA) is 29.5 Å². The fourth-order valence-electron chi connectivity index (χ4n) is 2.24. The van der Waals surface area contributed by atoms with Crippen LogP contribution in [0.3, 0.4) is 0 Å². The average molecular weight is 338 g/mol. The third-order valence-electron chi connectivity index (χ3n) is 3.47. The van der Waals surface area contributed by atoms with Crippen molar-refractivity contribution in [2.24, 2.45) is 0 Å². The molecule has 120 valence electrons. The molecule has 0 aliphatic heterocycles. The van der Waals surface area contributed by atoms with Gasteiger partial charge in [0.2, 0.25) is 0 Å². The Kier molecular flexibility index (Phi) is 5.26. The van der Waals surface area contributed by atoms with Gasteiger partial charge in [-0.3, -0.25) is 9.63 Å². The van der Waals surface area contributed by atoms with Gasteiger partial charge in [0.15, 0.2) is 0 Å². The fourth-order valence-corrected chi connectivity index (χ4v) is 2.36. The summed E-state index contributed by atoms with van der Waals surface area (Å²) in [7, 11) is 0. The molecule has 3 rings (SSSR count). The highest BCUT2D eigenvalue weighted by molar-refractivity contribution is 6.30. The van der Waals surface area contributed by atoms with E-state index in [0.29, 0.717) is 22.9 Å². The number of para-hydroxylation sites is 1. The van der Waals surface area contributed by atoms with Crippen LogP contribution in [-0.2, 0) is 11.4 Å². The molecular formula is C20H16ClNO2. The molecule has 4 heteroatoms. The maximum atomic E-state index is 12.8. The highest BCUT2D eigenvalue weighted by atomic mass is 35.5. The number of halogens is 1. The van der Waals surface area contributed by atoms with E-state index < -0.39 is 0 Å². The molecule has 0 fully saturated rings. The number of carbonyl (C=O) groups is 1. The Hall–Kier alpha value is -2.62. The maximum Gasteiger partial charge on any atom is 0.282 e. The number of nitrogens with zero attached hydrogens (tertiary/aromatic N) is 1. The van der Waals surface area contributed by atoms with E-state index in [-0.39, 0.29) is 5.91 Å². The van der Waals surface area contributed by atoms with Gasteiger partial charge < -0.3 is 0 Å². The third kappa shape index (κ3) is 4.02. The summed E-state index contributed by atoms with van der Waals surface area (Å²) in [6, 6.07) is 25.8. The number of hydroxylamine groups is 1. The second kappa shape index (κ2) is 7.77. The molecule has 0 saturated carbocycles. The molecule has 3 aromatic carbocycles. The Labute approximate surface area is 146 Å². The minimum Gasteiger partial charge on any atom is -0.266 e. The summed E-state index contributed by atoms with van der Waals surface area (Å²) in [6.45, 7) is 0.301. The maximum absolute atomic E-state index is 12.8. The normalized spacial score (nSPS) is 10.4. The van der Waals surface area contributed by atoms with Crippen molar-refractivity contribution in [3.63, 3.8) is 0 Å². The molecule has 0 bridgehead atoms. The predicted molar refractivity (Wildman–Crippen MR) is 95.9 cm³/mol. The van der Waals surface area contributed by atoms with E-state index in [4.69, 9.17) is 16.4 Å². The van der Waals surface area contributed by atoms with Gasteiger partial charge in [-0.15, -0.1) is 0 Å². The molecule has 0 atom stereocenters. The Bertz CT molecular complexity index is 789. The SMILES string of the molecule is O=C(c1ccc(Cl)cc1)N(OCc1ccccc1)c1ccccc1. The van der Waals surface area contributed by atoms with Crippen molar-refractivity contribution in [3.8, 4) is 0 Å². The number of carbonyl (C=O) groups excluding carboxylic acids is 1. The van der Waals surface area contributed by atoms with Gasteiger partial charge >= 0.3 is 0 Å². The van der Waals surface area contributed by atoms with Crippen molar-refractivity contribution in [2.45, 2.75) is 6.61 Å². The molecule has 0 aromatic heterocycles. The number of hydrogen-bond acceptors (Lipinski definition) is 2. The van der Waals surface area contributed by atoms with Gasteiger partial charge in [0.05, 0.1) is 5.69 Å². The molecule has 3 nitrogen and oxygen atoms in total. The van der Waals surface area contributed by atoms with E-state index in [1.54, 1.807) is 24.3 Å². The zero-order valence-electron chi connectivity index (χ0n) is 12.9. The van der Waals surface area contributed by atoms with E-state index in [2.05, 4.69) is 0 Å². The van der Waals surface area contributed by atoms with Crippen LogP contribution in [0, 0.1) is 0 Å². The summed E-state index contributed by atoms with van der Waals surface area (Å²) in [5, 5.41) is 1.90. The third-order valence-corrected chi connectivity index (χ3v) is 3.72. The Morgan fingerprint density at radius 1 is 0.833 bits per heavy atom. The number of anilines is 1. The van der Waals surface area contributed by atoms with Crippen LogP contribution in [0.25, 0.3) is 0 Å². The van der Waals surface area contributed by atoms with Crippen LogP contribution in [0.1, 0.15) is 15.9 Å². The molecule has 1 amide bonds. The van der Waals surface area contributed by atoms with Gasteiger partial charge in [-0.05, 0) is 42.0 Å². The van der Waals surface area contributed by atoms with Gasteiger partial charge in [0.1, 0.15) is 6.61 Å². The molecule has 3 aromatic rings. The van der Waals surface area contributed by atoms with Crippen LogP contribution >= 0.6 is 11.6 Å². The molecule has 24 heavy (non-hydrogen) atoms. The zero-order valence-corrected chi connectivity index (χ0v) is 13.7. The average Bonchev–Trinajstić information content (AvgIpc) is 2.64. The minimum absolute atomic E-state index is 0.242. The van der Waals surface area contributed by atoms with Gasteiger partial charge in [-0.1, -0.05) is 60.1 Å². The van der Waals surface area contributed by atoms with Gasteiger partial charge in [-0.25, -0.2) is 0 Å². The first-order valence-electron chi connectivity index (χ1n) is 7.56. The van der Waals surface area contributed by atoms with E-state index >= 15 is 0 Å². The molecule has 0 saturated heterocycles. The van der Waals surface area contributed by atoms with Crippen molar-refractivity contribution in [1.82, 2.24) is 0 Å². The summed E-state index contributed by atoms with van der Waals surface area (Å²) in [4.78, 5) is 18.6. The molecule has 0 aliphatic carbocycles. The highest BCUT2D eigenvalue weighted by Gasteiger charge is 2.19. The first kappa shape index (κ1) is 16.2. The molecule has 0 spiro atoms. The van der Waals surface area contributed by atoms with Crippen molar-refractivity contribution >= 4 is 23.2 Å². The van der Waals surface area contributed by atoms with Crippen LogP contribution in [0.15, 0.2) is 84.9 Å². The van der Waals surface area contributed by atoms with Gasteiger partial charge in [0.25, 0.3) is 5.91 Å². The number of benzene rings is 3. The molecule has 0 aliphatic rings. The van der Waals surface area contributed by atoms with E-state index in [1.807, 2.05) is 60.7 Å². The first-order chi connectivity index (χ1) is 11.7. The molecule has 0 radical (unpaired) electrons. The summed E-state index contributed by atoms with van der Waals surface area (Å²) in [5.41, 5.74) is 2.17. The van der Waals surface area contributed by atoms with Crippen molar-refractivity contribution < 1.29 is 9.63 Å². The van der Waals surface area contributed by atoms with Crippen LogP contribution in [0.4, 0.5) is 5.69 Å². The van der Waals surface area contributed by atoms with Crippen molar-refractivity contribution in [1.29, 1.82) is 0 Å². The summed E-state index contributed by atoms with van der Waals surface area (Å²) < 4.78 is 0. The second-order valence-electron chi connectivity index (χ2n) is 5.20. The van der Waals surface area contributed by atoms with Crippen LogP contribution in [0.2, 0.25) is 5.02 Å². The lowest BCUT2D eigenvalue weighted by Gasteiger charge is -2.22. The monoisotopic (exact) mass is 337 g/mol. The van der Waals surface area contributed by atoms with E-state index in [9.17, 15) is 4.79 Å². The van der Waals surface area contributed by atoms with Crippen LogP contribution < -0.4 is 5.06 Å². The molecule has 0 unspecified atom stereocenters. The van der Waals surface area contributed by atoms with E-state index in [1.165, 1.54) is 5.06 Å². The summed E-state index contributed by atoms with van der Waals surface area (Å²) in [6.07, 6.45) is 0. The first-order valence-corrected chi connectivity index (χ1v) is 7.94. The largest absolute Gasteiger partial charge is 0.282 e. The number of hydrogen-bond donors (Lipinski definition) is 0. The number of amides is 1. The summed E-state index contributed by atoms with van der Waals surface area (Å²) >= 11 is 5.90. The predicted octanol–water partition coefficient (Wildman–Crippen LogP) is 5.12. The lowest BCUT2D eigenvalue weighted by atomic mass is 10.2. The Morgan fingerprint density at radius 2 is 1.42 bits per heavy atom. The standard InChI is InChI=1S/C20H16ClNO2/c21-18-13-11-17(12-14-18)20(23)22(19-9-5-2-6-10-19)24-15-16-7-3-1-4-8-16/h1-14H,15H2. The van der Waals surface area contributed by atoms with E-state index in [0.717, 1.165) is 5.56 Å². The summed E-state index contributed by atoms with van der Waals surface area (Å²) in [5.74, 6) is -0.242. The number of rotatable bonds is 5. The van der Waals surface area contributed by atoms with Crippen molar-refractivity contribution in [2.75, 3.05) is 5.06 Å². The lowest BCUT2D eigenvalue weighted by Crippen LogP contribution is -2.31. The second-order valence-corrected chi connectivity index (χ2v) is 5.64. The Balaban J connectivity index is 1.84. The molecular weight excluding hydrogens is 322 g/mol. The Morgan fingerprint density at radius 3 is 2.04 bits per heavy atom. The van der Waals surface area contributed by atoms with Crippen molar-refractivity contribution in [3.05, 3.63) is 101 Å². The molecule has 0 N–H and O–H groups in total. The quantitative estimate of drug-likeness (QED) is 0.605. The van der Waals surface area contributed by atoms with Gasteiger partial charge in [-0.2, -0.15) is 5.06 Å². The zero-order chi connectivity index (χ0) is 16.8. The smallest absolute Gasteiger partial charge is 0.266 e. The minimum atomic E-state index is -0.242. The molecule has 0 heterocycles. The fraction of sp³-hybridized carbons (Fsp3) is 0.0500. The highest BCUT2D eigenvalue weighted by Crippen LogP contribution is 2.20.